The van der Waals surface area contributed by atoms with Crippen molar-refractivity contribution in [2.75, 3.05) is 4.90 Å². The highest BCUT2D eigenvalue weighted by Crippen LogP contribution is 2.53. The molecule has 2 aromatic carbocycles. The monoisotopic (exact) mass is 651 g/mol. The summed E-state index contributed by atoms with van der Waals surface area (Å²) in [7, 11) is -3.78. The molecule has 14 heteroatoms. The van der Waals surface area contributed by atoms with Crippen LogP contribution in [0.5, 0.6) is 5.75 Å². The Morgan fingerprint density at radius 3 is 2.24 bits per heavy atom. The molecule has 0 spiro atoms. The molecule has 0 aromatic heterocycles. The highest BCUT2D eigenvalue weighted by molar-refractivity contribution is 7.90. The minimum Gasteiger partial charge on any atom is -0.406 e. The quantitative estimate of drug-likeness (QED) is 0.365. The van der Waals surface area contributed by atoms with Gasteiger partial charge in [0, 0.05) is 47.7 Å². The predicted octanol–water partition coefficient (Wildman–Crippen LogP) is 5.36. The Morgan fingerprint density at radius 2 is 1.62 bits per heavy atom. The standard InChI is InChI=1S/C31H33F4N3O6S/c32-19-9-14-26-24(17-19)29(37(20-10-11-20)28(40)16-15-27(39)36-45(42,43)22-3-1-4-22)23-5-2-6-25(23)38(26)30(41)18-7-12-21(13-8-18)44-31(33,34)35/h7-9,12-14,17,20,22-23,25,29H,1-6,10-11,15-16H2,(H,36,39). The molecular weight excluding hydrogens is 618 g/mol. The molecule has 9 nitrogen and oxygen atoms in total. The van der Waals surface area contributed by atoms with Gasteiger partial charge in [0.05, 0.1) is 11.3 Å². The van der Waals surface area contributed by atoms with Gasteiger partial charge in [-0.25, -0.2) is 12.8 Å². The summed E-state index contributed by atoms with van der Waals surface area (Å²) < 4.78 is 83.5. The van der Waals surface area contributed by atoms with E-state index in [1.54, 1.807) is 9.80 Å². The Balaban J connectivity index is 1.26. The maximum atomic E-state index is 14.8. The van der Waals surface area contributed by atoms with E-state index in [9.17, 15) is 40.4 Å². The molecule has 2 aromatic rings. The molecule has 0 bridgehead atoms. The summed E-state index contributed by atoms with van der Waals surface area (Å²) in [5, 5.41) is -0.593. The molecule has 4 aliphatic rings. The lowest BCUT2D eigenvalue weighted by Crippen LogP contribution is -2.53. The van der Waals surface area contributed by atoms with Gasteiger partial charge < -0.3 is 14.5 Å². The van der Waals surface area contributed by atoms with Crippen molar-refractivity contribution in [2.24, 2.45) is 5.92 Å². The van der Waals surface area contributed by atoms with Gasteiger partial charge in [-0.05, 0) is 81.0 Å². The number of benzene rings is 2. The lowest BCUT2D eigenvalue weighted by molar-refractivity contribution is -0.274. The molecule has 3 saturated carbocycles. The molecule has 3 unspecified atom stereocenters. The lowest BCUT2D eigenvalue weighted by Gasteiger charge is -2.48. The first-order chi connectivity index (χ1) is 21.3. The topological polar surface area (TPSA) is 113 Å². The van der Waals surface area contributed by atoms with E-state index in [0.717, 1.165) is 37.8 Å². The average Bonchev–Trinajstić information content (AvgIpc) is 3.65. The molecular formula is C31H33F4N3O6S. The number of hydrogen-bond donors (Lipinski definition) is 1. The number of carbonyl (C=O) groups is 3. The van der Waals surface area contributed by atoms with E-state index in [-0.39, 0.29) is 42.3 Å². The number of hydrogen-bond acceptors (Lipinski definition) is 6. The fourth-order valence-corrected chi connectivity index (χ4v) is 8.41. The van der Waals surface area contributed by atoms with Crippen LogP contribution in [0.15, 0.2) is 42.5 Å². The first-order valence-corrected chi connectivity index (χ1v) is 16.7. The minimum atomic E-state index is -4.88. The van der Waals surface area contributed by atoms with Gasteiger partial charge in [-0.15, -0.1) is 13.2 Å². The van der Waals surface area contributed by atoms with Gasteiger partial charge in [-0.3, -0.25) is 19.1 Å². The molecule has 3 atom stereocenters. The molecule has 1 aliphatic heterocycles. The van der Waals surface area contributed by atoms with Gasteiger partial charge >= 0.3 is 6.36 Å². The number of fused-ring (bicyclic) bond motifs is 2. The second-order valence-electron chi connectivity index (χ2n) is 12.2. The maximum absolute atomic E-state index is 14.8. The number of amides is 3. The van der Waals surface area contributed by atoms with Crippen molar-refractivity contribution < 1.29 is 45.1 Å². The lowest BCUT2D eigenvalue weighted by atomic mass is 9.81. The number of ether oxygens (including phenoxy) is 1. The first kappa shape index (κ1) is 31.3. The highest BCUT2D eigenvalue weighted by Gasteiger charge is 2.51. The normalized spacial score (nSPS) is 23.0. The SMILES string of the molecule is O=C(CCC(=O)N(C1CC1)C1c2cc(F)ccc2N(C(=O)c2ccc(OC(F)(F)F)cc2)C2CCCC21)NS(=O)(=O)C1CCC1. The summed E-state index contributed by atoms with van der Waals surface area (Å²) in [5.74, 6) is -2.84. The van der Waals surface area contributed by atoms with Gasteiger partial charge in [0.15, 0.2) is 0 Å². The van der Waals surface area contributed by atoms with Crippen LogP contribution in [0.25, 0.3) is 0 Å². The van der Waals surface area contributed by atoms with Crippen molar-refractivity contribution >= 4 is 33.4 Å². The molecule has 1 N–H and O–H groups in total. The molecule has 3 aliphatic carbocycles. The van der Waals surface area contributed by atoms with Crippen LogP contribution in [0.3, 0.4) is 0 Å². The summed E-state index contributed by atoms with van der Waals surface area (Å²) in [4.78, 5) is 43.5. The Morgan fingerprint density at radius 1 is 0.933 bits per heavy atom. The number of sulfonamides is 1. The van der Waals surface area contributed by atoms with Crippen LogP contribution in [0.1, 0.15) is 86.2 Å². The zero-order valence-corrected chi connectivity index (χ0v) is 25.1. The number of carbonyl (C=O) groups excluding carboxylic acids is 3. The van der Waals surface area contributed by atoms with E-state index < -0.39 is 51.1 Å². The molecule has 6 rings (SSSR count). The number of nitrogens with zero attached hydrogens (tertiary/aromatic N) is 2. The van der Waals surface area contributed by atoms with Crippen LogP contribution < -0.4 is 14.4 Å². The Kier molecular flexibility index (Phi) is 8.29. The van der Waals surface area contributed by atoms with Gasteiger partial charge in [0.1, 0.15) is 11.6 Å². The van der Waals surface area contributed by atoms with E-state index in [0.29, 0.717) is 36.9 Å². The van der Waals surface area contributed by atoms with Gasteiger partial charge in [-0.1, -0.05) is 12.8 Å². The Labute approximate surface area is 257 Å². The second kappa shape index (κ2) is 11.9. The van der Waals surface area contributed by atoms with Gasteiger partial charge in [-0.2, -0.15) is 0 Å². The number of nitrogens with one attached hydrogen (secondary N) is 1. The molecule has 0 radical (unpaired) electrons. The molecule has 1 heterocycles. The number of rotatable bonds is 9. The van der Waals surface area contributed by atoms with Gasteiger partial charge in [0.25, 0.3) is 5.91 Å². The van der Waals surface area contributed by atoms with E-state index in [2.05, 4.69) is 9.46 Å². The molecule has 242 valence electrons. The zero-order chi connectivity index (χ0) is 32.1. The first-order valence-electron chi connectivity index (χ1n) is 15.2. The molecule has 3 fully saturated rings. The Hall–Kier alpha value is -3.68. The fraction of sp³-hybridized carbons (Fsp3) is 0.516. The third kappa shape index (κ3) is 6.52. The van der Waals surface area contributed by atoms with Crippen LogP contribution in [0.2, 0.25) is 0 Å². The highest BCUT2D eigenvalue weighted by atomic mass is 32.2. The van der Waals surface area contributed by atoms with Crippen molar-refractivity contribution in [2.45, 2.75) is 93.9 Å². The smallest absolute Gasteiger partial charge is 0.406 e. The van der Waals surface area contributed by atoms with Gasteiger partial charge in [0.2, 0.25) is 21.8 Å². The molecule has 45 heavy (non-hydrogen) atoms. The summed E-state index contributed by atoms with van der Waals surface area (Å²) in [6, 6.07) is 7.58. The third-order valence-electron chi connectivity index (χ3n) is 9.23. The van der Waals surface area contributed by atoms with Crippen molar-refractivity contribution in [3.8, 4) is 5.75 Å². The summed E-state index contributed by atoms with van der Waals surface area (Å²) in [5.41, 5.74) is 0.982. The van der Waals surface area contributed by atoms with Crippen LogP contribution >= 0.6 is 0 Å². The average molecular weight is 652 g/mol. The maximum Gasteiger partial charge on any atom is 0.573 e. The number of anilines is 1. The molecule has 0 saturated heterocycles. The summed E-state index contributed by atoms with van der Waals surface area (Å²) in [6.45, 7) is 0. The largest absolute Gasteiger partial charge is 0.573 e. The fourth-order valence-electron chi connectivity index (χ4n) is 6.87. The van der Waals surface area contributed by atoms with Crippen LogP contribution in [-0.4, -0.2) is 54.7 Å². The third-order valence-corrected chi connectivity index (χ3v) is 11.1. The van der Waals surface area contributed by atoms with Crippen LogP contribution in [-0.2, 0) is 19.6 Å². The van der Waals surface area contributed by atoms with Crippen molar-refractivity contribution in [1.82, 2.24) is 9.62 Å². The second-order valence-corrected chi connectivity index (χ2v) is 14.2. The number of halogens is 4. The Bertz CT molecular complexity index is 1590. The minimum absolute atomic E-state index is 0.127. The molecule has 3 amide bonds. The number of alkyl halides is 3. The summed E-state index contributed by atoms with van der Waals surface area (Å²) in [6.07, 6.45) is -0.219. The van der Waals surface area contributed by atoms with E-state index in [4.69, 9.17) is 0 Å². The summed E-state index contributed by atoms with van der Waals surface area (Å²) >= 11 is 0. The van der Waals surface area contributed by atoms with Crippen molar-refractivity contribution in [3.05, 3.63) is 59.4 Å². The van der Waals surface area contributed by atoms with E-state index >= 15 is 0 Å². The van der Waals surface area contributed by atoms with E-state index in [1.807, 2.05) is 0 Å². The van der Waals surface area contributed by atoms with Crippen LogP contribution in [0.4, 0.5) is 23.2 Å². The predicted molar refractivity (Wildman–Crippen MR) is 154 cm³/mol. The van der Waals surface area contributed by atoms with Crippen molar-refractivity contribution in [1.29, 1.82) is 0 Å². The zero-order valence-electron chi connectivity index (χ0n) is 24.3. The van der Waals surface area contributed by atoms with E-state index in [1.165, 1.54) is 30.3 Å². The van der Waals surface area contributed by atoms with Crippen LogP contribution in [0, 0.1) is 11.7 Å². The van der Waals surface area contributed by atoms with Crippen molar-refractivity contribution in [3.63, 3.8) is 0 Å².